The van der Waals surface area contributed by atoms with E-state index in [2.05, 4.69) is 10.3 Å². The molecule has 2 aromatic rings. The lowest BCUT2D eigenvalue weighted by Crippen LogP contribution is -2.25. The van der Waals surface area contributed by atoms with Crippen molar-refractivity contribution in [3.05, 3.63) is 59.1 Å². The Balaban J connectivity index is 1.91. The van der Waals surface area contributed by atoms with Gasteiger partial charge in [-0.25, -0.2) is 4.98 Å². The Morgan fingerprint density at radius 3 is 2.87 bits per heavy atom. The zero-order valence-corrected chi connectivity index (χ0v) is 13.2. The summed E-state index contributed by atoms with van der Waals surface area (Å²) in [5.74, 6) is -0.0790. The lowest BCUT2D eigenvalue weighted by atomic mass is 10.1. The van der Waals surface area contributed by atoms with E-state index in [-0.39, 0.29) is 24.7 Å². The van der Waals surface area contributed by atoms with Gasteiger partial charge in [0.25, 0.3) is 0 Å². The quantitative estimate of drug-likeness (QED) is 0.816. The van der Waals surface area contributed by atoms with E-state index >= 15 is 0 Å². The monoisotopic (exact) mass is 339 g/mol. The van der Waals surface area contributed by atoms with Crippen molar-refractivity contribution in [1.82, 2.24) is 14.9 Å². The summed E-state index contributed by atoms with van der Waals surface area (Å²) < 4.78 is 26.1. The number of nitrogens with one attached hydrogen (secondary N) is 1. The van der Waals surface area contributed by atoms with Crippen LogP contribution in [0.4, 0.5) is 8.78 Å². The molecule has 4 nitrogen and oxygen atoms in total. The van der Waals surface area contributed by atoms with Crippen LogP contribution in [0.5, 0.6) is 0 Å². The zero-order valence-electron chi connectivity index (χ0n) is 12.5. The van der Waals surface area contributed by atoms with Crippen LogP contribution < -0.4 is 5.32 Å². The summed E-state index contributed by atoms with van der Waals surface area (Å²) >= 11 is 6.07. The van der Waals surface area contributed by atoms with E-state index in [1.807, 2.05) is 18.2 Å². The summed E-state index contributed by atoms with van der Waals surface area (Å²) in [6.07, 6.45) is 4.18. The number of allylic oxidation sites excluding steroid dienone is 1. The smallest absolute Gasteiger partial charge is 0.319 e. The predicted octanol–water partition coefficient (Wildman–Crippen LogP) is 3.69. The van der Waals surface area contributed by atoms with E-state index in [9.17, 15) is 13.6 Å². The maximum atomic E-state index is 12.7. The summed E-state index contributed by atoms with van der Waals surface area (Å²) in [6, 6.07) is 7.21. The number of amides is 1. The fourth-order valence-corrected chi connectivity index (χ4v) is 2.40. The van der Waals surface area contributed by atoms with Crippen LogP contribution in [0.25, 0.3) is 5.57 Å². The topological polar surface area (TPSA) is 46.9 Å². The first kappa shape index (κ1) is 17.1. The first-order valence-electron chi connectivity index (χ1n) is 7.00. The SMILES string of the molecule is C/C(=C/C(=O)NCCc1nccn1C(F)F)c1ccccc1Cl. The van der Waals surface area contributed by atoms with E-state index in [4.69, 9.17) is 11.6 Å². The first-order chi connectivity index (χ1) is 11.0. The molecular weight excluding hydrogens is 324 g/mol. The highest BCUT2D eigenvalue weighted by molar-refractivity contribution is 6.32. The molecule has 0 unspecified atom stereocenters. The lowest BCUT2D eigenvalue weighted by molar-refractivity contribution is -0.116. The highest BCUT2D eigenvalue weighted by atomic mass is 35.5. The molecule has 0 atom stereocenters. The number of hydrogen-bond acceptors (Lipinski definition) is 2. The minimum Gasteiger partial charge on any atom is -0.352 e. The number of alkyl halides is 2. The van der Waals surface area contributed by atoms with Gasteiger partial charge in [0.15, 0.2) is 0 Å². The van der Waals surface area contributed by atoms with Crippen molar-refractivity contribution in [2.75, 3.05) is 6.54 Å². The van der Waals surface area contributed by atoms with Gasteiger partial charge >= 0.3 is 6.55 Å². The molecular formula is C16H16ClF2N3O. The van der Waals surface area contributed by atoms with E-state index in [1.54, 1.807) is 13.0 Å². The molecule has 1 heterocycles. The fraction of sp³-hybridized carbons (Fsp3) is 0.250. The number of imidazole rings is 1. The molecule has 0 aliphatic rings. The van der Waals surface area contributed by atoms with Crippen LogP contribution in [0, 0.1) is 0 Å². The molecule has 23 heavy (non-hydrogen) atoms. The number of halogens is 3. The van der Waals surface area contributed by atoms with Gasteiger partial charge in [0, 0.05) is 36.5 Å². The van der Waals surface area contributed by atoms with Gasteiger partial charge in [0.05, 0.1) is 0 Å². The molecule has 0 aliphatic carbocycles. The largest absolute Gasteiger partial charge is 0.352 e. The van der Waals surface area contributed by atoms with Crippen molar-refractivity contribution >= 4 is 23.1 Å². The van der Waals surface area contributed by atoms with Gasteiger partial charge in [0.2, 0.25) is 5.91 Å². The molecule has 0 fully saturated rings. The second kappa shape index (κ2) is 7.87. The molecule has 0 radical (unpaired) electrons. The van der Waals surface area contributed by atoms with Crippen molar-refractivity contribution in [3.63, 3.8) is 0 Å². The zero-order chi connectivity index (χ0) is 16.8. The van der Waals surface area contributed by atoms with Crippen LogP contribution in [-0.4, -0.2) is 22.0 Å². The summed E-state index contributed by atoms with van der Waals surface area (Å²) in [5, 5.41) is 3.21. The Morgan fingerprint density at radius 1 is 1.43 bits per heavy atom. The van der Waals surface area contributed by atoms with Crippen LogP contribution in [0.3, 0.4) is 0 Å². The molecule has 0 spiro atoms. The van der Waals surface area contributed by atoms with Crippen molar-refractivity contribution in [2.24, 2.45) is 0 Å². The van der Waals surface area contributed by atoms with Gasteiger partial charge in [-0.3, -0.25) is 9.36 Å². The number of carbonyl (C=O) groups excluding carboxylic acids is 1. The number of rotatable bonds is 6. The maximum absolute atomic E-state index is 12.7. The van der Waals surface area contributed by atoms with Gasteiger partial charge in [-0.2, -0.15) is 8.78 Å². The summed E-state index contributed by atoms with van der Waals surface area (Å²) in [4.78, 5) is 15.7. The third-order valence-corrected chi connectivity index (χ3v) is 3.58. The molecule has 2 rings (SSSR count). The van der Waals surface area contributed by atoms with Crippen LogP contribution >= 0.6 is 11.6 Å². The van der Waals surface area contributed by atoms with Gasteiger partial charge in [0.1, 0.15) is 5.82 Å². The van der Waals surface area contributed by atoms with Gasteiger partial charge in [-0.05, 0) is 24.1 Å². The minimum absolute atomic E-state index is 0.217. The number of aromatic nitrogens is 2. The minimum atomic E-state index is -2.63. The van der Waals surface area contributed by atoms with Crippen LogP contribution in [0.2, 0.25) is 5.02 Å². The lowest BCUT2D eigenvalue weighted by Gasteiger charge is -2.07. The average molecular weight is 340 g/mol. The summed E-state index contributed by atoms with van der Waals surface area (Å²) in [7, 11) is 0. The average Bonchev–Trinajstić information content (AvgIpc) is 2.96. The van der Waals surface area contributed by atoms with Gasteiger partial charge in [-0.1, -0.05) is 29.8 Å². The van der Waals surface area contributed by atoms with Crippen LogP contribution in [-0.2, 0) is 11.2 Å². The van der Waals surface area contributed by atoms with E-state index < -0.39 is 6.55 Å². The normalized spacial score (nSPS) is 11.8. The summed E-state index contributed by atoms with van der Waals surface area (Å²) in [5.41, 5.74) is 1.50. The third-order valence-electron chi connectivity index (χ3n) is 3.25. The number of benzene rings is 1. The Bertz CT molecular complexity index is 713. The highest BCUT2D eigenvalue weighted by Gasteiger charge is 2.11. The standard InChI is InChI=1S/C16H16ClF2N3O/c1-11(12-4-2-3-5-13(12)17)10-15(23)21-7-6-14-20-8-9-22(14)16(18)19/h2-5,8-10,16H,6-7H2,1H3,(H,21,23)/b11-10-. The molecule has 0 bridgehead atoms. The molecule has 122 valence electrons. The predicted molar refractivity (Wildman–Crippen MR) is 85.3 cm³/mol. The van der Waals surface area contributed by atoms with Crippen molar-refractivity contribution in [2.45, 2.75) is 19.9 Å². The molecule has 0 saturated carbocycles. The molecule has 7 heteroatoms. The van der Waals surface area contributed by atoms with Crippen LogP contribution in [0.15, 0.2) is 42.7 Å². The summed E-state index contributed by atoms with van der Waals surface area (Å²) in [6.45, 7) is -0.635. The number of nitrogens with zero attached hydrogens (tertiary/aromatic N) is 2. The van der Waals surface area contributed by atoms with Crippen molar-refractivity contribution < 1.29 is 13.6 Å². The molecule has 1 aromatic heterocycles. The molecule has 0 aliphatic heterocycles. The van der Waals surface area contributed by atoms with Gasteiger partial charge in [-0.15, -0.1) is 0 Å². The molecule has 0 saturated heterocycles. The van der Waals surface area contributed by atoms with E-state index in [0.717, 1.165) is 15.7 Å². The highest BCUT2D eigenvalue weighted by Crippen LogP contribution is 2.22. The second-order valence-corrected chi connectivity index (χ2v) is 5.28. The van der Waals surface area contributed by atoms with Crippen molar-refractivity contribution in [1.29, 1.82) is 0 Å². The van der Waals surface area contributed by atoms with Gasteiger partial charge < -0.3 is 5.32 Å². The maximum Gasteiger partial charge on any atom is 0.319 e. The Morgan fingerprint density at radius 2 is 2.17 bits per heavy atom. The van der Waals surface area contributed by atoms with E-state index in [1.165, 1.54) is 18.5 Å². The van der Waals surface area contributed by atoms with Crippen LogP contribution in [0.1, 0.15) is 24.9 Å². The molecule has 1 N–H and O–H groups in total. The Kier molecular flexibility index (Phi) is 5.87. The number of hydrogen-bond donors (Lipinski definition) is 1. The Hall–Kier alpha value is -2.21. The molecule has 1 aromatic carbocycles. The second-order valence-electron chi connectivity index (χ2n) is 4.88. The molecule has 1 amide bonds. The first-order valence-corrected chi connectivity index (χ1v) is 7.37. The third kappa shape index (κ3) is 4.63. The number of carbonyl (C=O) groups is 1. The van der Waals surface area contributed by atoms with Crippen molar-refractivity contribution in [3.8, 4) is 0 Å². The Labute approximate surface area is 137 Å². The fourth-order valence-electron chi connectivity index (χ4n) is 2.12. The van der Waals surface area contributed by atoms with E-state index in [0.29, 0.717) is 5.02 Å².